The number of ether oxygens (including phenoxy) is 1. The van der Waals surface area contributed by atoms with Crippen molar-refractivity contribution in [3.05, 3.63) is 65.1 Å². The van der Waals surface area contributed by atoms with E-state index in [1.807, 2.05) is 51.1 Å². The monoisotopic (exact) mass is 535 g/mol. The summed E-state index contributed by atoms with van der Waals surface area (Å²) in [6.07, 6.45) is 4.59. The number of fused-ring (bicyclic) bond motifs is 1. The lowest BCUT2D eigenvalue weighted by molar-refractivity contribution is -0.0309. The predicted molar refractivity (Wildman–Crippen MR) is 148 cm³/mol. The average molecular weight is 536 g/mol. The number of pyridine rings is 1. The first kappa shape index (κ1) is 26.1. The molecule has 1 aliphatic heterocycles. The van der Waals surface area contributed by atoms with E-state index in [9.17, 15) is 8.42 Å². The number of sulfonamides is 1. The summed E-state index contributed by atoms with van der Waals surface area (Å²) in [4.78, 5) is 18.9. The molecule has 0 spiro atoms. The molecule has 38 heavy (non-hydrogen) atoms. The van der Waals surface area contributed by atoms with E-state index >= 15 is 0 Å². The molecular formula is C27H33N7O3S. The molecule has 1 saturated heterocycles. The van der Waals surface area contributed by atoms with Crippen molar-refractivity contribution in [3.63, 3.8) is 0 Å². The SMILES string of the molecule is Cc1cc(Cc2cc(Nc3ccccc3N(C)S(C)(=O)=O)c3nc(C)n(C4CCCCO4)c3n2)nc(C)n1. The fraction of sp³-hybridized carbons (Fsp3) is 0.407. The smallest absolute Gasteiger partial charge is 0.232 e. The molecule has 4 heterocycles. The predicted octanol–water partition coefficient (Wildman–Crippen LogP) is 4.58. The molecule has 1 aromatic carbocycles. The first-order valence-electron chi connectivity index (χ1n) is 12.7. The molecule has 0 aliphatic carbocycles. The average Bonchev–Trinajstić information content (AvgIpc) is 3.19. The van der Waals surface area contributed by atoms with Crippen LogP contribution in [0.1, 0.15) is 54.2 Å². The molecule has 11 heteroatoms. The summed E-state index contributed by atoms with van der Waals surface area (Å²) in [6.45, 7) is 6.51. The van der Waals surface area contributed by atoms with E-state index in [1.165, 1.54) is 10.6 Å². The summed E-state index contributed by atoms with van der Waals surface area (Å²) >= 11 is 0. The maximum absolute atomic E-state index is 12.3. The van der Waals surface area contributed by atoms with E-state index in [4.69, 9.17) is 14.7 Å². The molecule has 0 bridgehead atoms. The Morgan fingerprint density at radius 1 is 1.03 bits per heavy atom. The topological polar surface area (TPSA) is 115 Å². The Hall–Kier alpha value is -3.57. The number of hydrogen-bond donors (Lipinski definition) is 1. The van der Waals surface area contributed by atoms with Crippen LogP contribution in [0, 0.1) is 20.8 Å². The third-order valence-corrected chi connectivity index (χ3v) is 7.90. The van der Waals surface area contributed by atoms with Gasteiger partial charge in [0.05, 0.1) is 34.7 Å². The van der Waals surface area contributed by atoms with Gasteiger partial charge < -0.3 is 10.1 Å². The highest BCUT2D eigenvalue weighted by Gasteiger charge is 2.24. The van der Waals surface area contributed by atoms with Gasteiger partial charge in [-0.25, -0.2) is 28.4 Å². The van der Waals surface area contributed by atoms with Gasteiger partial charge in [-0.15, -0.1) is 0 Å². The molecule has 1 atom stereocenters. The number of hydrogen-bond acceptors (Lipinski definition) is 8. The summed E-state index contributed by atoms with van der Waals surface area (Å²) in [5.41, 5.74) is 5.94. The van der Waals surface area contributed by atoms with E-state index < -0.39 is 10.0 Å². The number of para-hydroxylation sites is 2. The molecule has 5 rings (SSSR count). The lowest BCUT2D eigenvalue weighted by Gasteiger charge is -2.25. The van der Waals surface area contributed by atoms with Crippen LogP contribution >= 0.6 is 0 Å². The largest absolute Gasteiger partial charge is 0.358 e. The lowest BCUT2D eigenvalue weighted by Crippen LogP contribution is -2.25. The second-order valence-electron chi connectivity index (χ2n) is 9.78. The van der Waals surface area contributed by atoms with Gasteiger partial charge in [-0.3, -0.25) is 8.87 Å². The third kappa shape index (κ3) is 5.34. The number of imidazole rings is 1. The zero-order valence-electron chi connectivity index (χ0n) is 22.4. The van der Waals surface area contributed by atoms with Gasteiger partial charge in [-0.2, -0.15) is 0 Å². The minimum Gasteiger partial charge on any atom is -0.358 e. The fourth-order valence-electron chi connectivity index (χ4n) is 4.93. The van der Waals surface area contributed by atoms with Crippen molar-refractivity contribution >= 4 is 38.2 Å². The Morgan fingerprint density at radius 2 is 1.79 bits per heavy atom. The Morgan fingerprint density at radius 3 is 2.50 bits per heavy atom. The number of benzene rings is 1. The Balaban J connectivity index is 1.65. The summed E-state index contributed by atoms with van der Waals surface area (Å²) in [6, 6.07) is 11.2. The van der Waals surface area contributed by atoms with Gasteiger partial charge in [0.2, 0.25) is 10.0 Å². The Bertz CT molecular complexity index is 1570. The molecule has 10 nitrogen and oxygen atoms in total. The van der Waals surface area contributed by atoms with Crippen molar-refractivity contribution < 1.29 is 13.2 Å². The molecule has 1 aliphatic rings. The minimum atomic E-state index is -3.46. The van der Waals surface area contributed by atoms with Crippen LogP contribution in [0.3, 0.4) is 0 Å². The summed E-state index contributed by atoms with van der Waals surface area (Å²) < 4.78 is 34.1. The van der Waals surface area contributed by atoms with Crippen molar-refractivity contribution in [1.29, 1.82) is 0 Å². The van der Waals surface area contributed by atoms with E-state index in [1.54, 1.807) is 13.1 Å². The molecular weight excluding hydrogens is 502 g/mol. The van der Waals surface area contributed by atoms with E-state index in [0.717, 1.165) is 53.5 Å². The zero-order valence-corrected chi connectivity index (χ0v) is 23.2. The van der Waals surface area contributed by atoms with Crippen molar-refractivity contribution in [3.8, 4) is 0 Å². The second kappa shape index (κ2) is 10.3. The van der Waals surface area contributed by atoms with Gasteiger partial charge >= 0.3 is 0 Å². The normalized spacial score (nSPS) is 16.1. The van der Waals surface area contributed by atoms with Crippen molar-refractivity contribution in [2.24, 2.45) is 0 Å². The minimum absolute atomic E-state index is 0.128. The standard InChI is InChI=1S/C27H33N7O3S/c1-17-14-20(29-18(2)28-17)15-21-16-23(32-22-10-6-7-11-24(22)33(4)38(5,35)36)26-27(31-21)34(19(3)30-26)25-12-8-9-13-37-25/h6-7,10-11,14,16,25H,8-9,12-13,15H2,1-5H3,(H,31,32). The molecule has 0 radical (unpaired) electrons. The van der Waals surface area contributed by atoms with E-state index in [0.29, 0.717) is 35.7 Å². The van der Waals surface area contributed by atoms with Crippen LogP contribution in [0.5, 0.6) is 0 Å². The number of nitrogens with zero attached hydrogens (tertiary/aromatic N) is 6. The highest BCUT2D eigenvalue weighted by Crippen LogP contribution is 2.35. The number of anilines is 3. The number of nitrogens with one attached hydrogen (secondary N) is 1. The van der Waals surface area contributed by atoms with Crippen molar-refractivity contribution in [2.45, 2.75) is 52.7 Å². The van der Waals surface area contributed by atoms with E-state index in [2.05, 4.69) is 19.9 Å². The first-order valence-corrected chi connectivity index (χ1v) is 14.6. The van der Waals surface area contributed by atoms with Crippen LogP contribution in [0.2, 0.25) is 0 Å². The van der Waals surface area contributed by atoms with Gasteiger partial charge in [0, 0.05) is 25.8 Å². The summed E-state index contributed by atoms with van der Waals surface area (Å²) in [5.74, 6) is 1.53. The van der Waals surface area contributed by atoms with Gasteiger partial charge in [0.25, 0.3) is 0 Å². The first-order chi connectivity index (χ1) is 18.1. The van der Waals surface area contributed by atoms with Crippen LogP contribution in [-0.2, 0) is 21.2 Å². The van der Waals surface area contributed by atoms with Crippen molar-refractivity contribution in [1.82, 2.24) is 24.5 Å². The van der Waals surface area contributed by atoms with Crippen LogP contribution in [-0.4, -0.2) is 52.8 Å². The highest BCUT2D eigenvalue weighted by molar-refractivity contribution is 7.92. The van der Waals surface area contributed by atoms with E-state index in [-0.39, 0.29) is 6.23 Å². The molecule has 0 saturated carbocycles. The van der Waals surface area contributed by atoms with Crippen molar-refractivity contribution in [2.75, 3.05) is 29.5 Å². The highest BCUT2D eigenvalue weighted by atomic mass is 32.2. The van der Waals surface area contributed by atoms with Gasteiger partial charge in [-0.05, 0) is 64.3 Å². The molecule has 3 aromatic heterocycles. The molecule has 4 aromatic rings. The second-order valence-corrected chi connectivity index (χ2v) is 11.8. The number of rotatable bonds is 7. The van der Waals surface area contributed by atoms with Crippen LogP contribution in [0.4, 0.5) is 17.1 Å². The maximum atomic E-state index is 12.3. The molecule has 0 amide bonds. The van der Waals surface area contributed by atoms with Gasteiger partial charge in [-0.1, -0.05) is 12.1 Å². The number of aromatic nitrogens is 5. The maximum Gasteiger partial charge on any atom is 0.232 e. The fourth-order valence-corrected chi connectivity index (χ4v) is 5.45. The van der Waals surface area contributed by atoms with Gasteiger partial charge in [0.1, 0.15) is 23.4 Å². The summed E-state index contributed by atoms with van der Waals surface area (Å²) in [7, 11) is -1.91. The van der Waals surface area contributed by atoms with Crippen LogP contribution in [0.15, 0.2) is 36.4 Å². The van der Waals surface area contributed by atoms with Gasteiger partial charge in [0.15, 0.2) is 5.65 Å². The van der Waals surface area contributed by atoms with Crippen LogP contribution < -0.4 is 9.62 Å². The molecule has 1 N–H and O–H groups in total. The zero-order chi connectivity index (χ0) is 27.0. The summed E-state index contributed by atoms with van der Waals surface area (Å²) in [5, 5.41) is 3.47. The lowest BCUT2D eigenvalue weighted by atomic mass is 10.1. The molecule has 1 unspecified atom stereocenters. The quantitative estimate of drug-likeness (QED) is 0.366. The third-order valence-electron chi connectivity index (χ3n) is 6.71. The Labute approximate surface area is 223 Å². The number of aryl methyl sites for hydroxylation is 3. The Kier molecular flexibility index (Phi) is 7.06. The van der Waals surface area contributed by atoms with Crippen LogP contribution in [0.25, 0.3) is 11.2 Å². The molecule has 200 valence electrons. The molecule has 1 fully saturated rings.